The molecule has 1 fully saturated rings. The van der Waals surface area contributed by atoms with Gasteiger partial charge in [0.05, 0.1) is 6.20 Å². The molecular formula is C26H33F3N4O3. The predicted molar refractivity (Wildman–Crippen MR) is 128 cm³/mol. The van der Waals surface area contributed by atoms with Gasteiger partial charge in [-0.25, -0.2) is 15.0 Å². The number of rotatable bonds is 8. The second kappa shape index (κ2) is 12.0. The maximum atomic E-state index is 12.4. The molecule has 4 rings (SSSR count). The predicted octanol–water partition coefficient (Wildman–Crippen LogP) is 4.76. The van der Waals surface area contributed by atoms with Crippen LogP contribution in [0, 0.1) is 18.8 Å². The molecule has 0 saturated heterocycles. The number of halogens is 3. The quantitative estimate of drug-likeness (QED) is 0.481. The van der Waals surface area contributed by atoms with Crippen LogP contribution in [0.4, 0.5) is 13.2 Å². The van der Waals surface area contributed by atoms with Crippen molar-refractivity contribution in [3.63, 3.8) is 0 Å². The highest BCUT2D eigenvalue weighted by Gasteiger charge is 2.29. The van der Waals surface area contributed by atoms with Crippen molar-refractivity contribution in [2.75, 3.05) is 26.2 Å². The molecule has 1 aliphatic carbocycles. The molecule has 0 spiro atoms. The number of aryl methyl sites for hydroxylation is 1. The van der Waals surface area contributed by atoms with Gasteiger partial charge in [-0.05, 0) is 69.4 Å². The Morgan fingerprint density at radius 1 is 1.22 bits per heavy atom. The van der Waals surface area contributed by atoms with Gasteiger partial charge in [-0.2, -0.15) is 13.2 Å². The third-order valence-corrected chi connectivity index (χ3v) is 6.93. The Morgan fingerprint density at radius 2 is 2.00 bits per heavy atom. The third-order valence-electron chi connectivity index (χ3n) is 6.93. The lowest BCUT2D eigenvalue weighted by Gasteiger charge is -2.28. The van der Waals surface area contributed by atoms with Crippen molar-refractivity contribution in [3.05, 3.63) is 41.2 Å². The van der Waals surface area contributed by atoms with E-state index in [-0.39, 0.29) is 18.2 Å². The van der Waals surface area contributed by atoms with Gasteiger partial charge in [0.1, 0.15) is 12.2 Å². The van der Waals surface area contributed by atoms with E-state index in [4.69, 9.17) is 9.15 Å². The number of ether oxygens (including phenoxy) is 1. The van der Waals surface area contributed by atoms with Crippen molar-refractivity contribution in [1.29, 1.82) is 0 Å². The Hall–Kier alpha value is -2.75. The molecule has 7 nitrogen and oxygen atoms in total. The van der Waals surface area contributed by atoms with Crippen LogP contribution < -0.4 is 4.74 Å². The minimum Gasteiger partial charge on any atom is -0.468 e. The van der Waals surface area contributed by atoms with E-state index in [1.807, 2.05) is 6.07 Å². The summed E-state index contributed by atoms with van der Waals surface area (Å²) < 4.78 is 47.4. The number of aromatic nitrogens is 2. The van der Waals surface area contributed by atoms with Crippen LogP contribution in [0.3, 0.4) is 0 Å². The average molecular weight is 507 g/mol. The van der Waals surface area contributed by atoms with Crippen LogP contribution in [0.5, 0.6) is 5.88 Å². The molecule has 36 heavy (non-hydrogen) atoms. The maximum absolute atomic E-state index is 12.4. The summed E-state index contributed by atoms with van der Waals surface area (Å²) in [7, 11) is 0. The Kier molecular flexibility index (Phi) is 8.77. The highest BCUT2D eigenvalue weighted by atomic mass is 19.4. The molecular weight excluding hydrogens is 473 g/mol. The summed E-state index contributed by atoms with van der Waals surface area (Å²) in [5, 5.41) is 0. The van der Waals surface area contributed by atoms with Crippen LogP contribution in [0.15, 0.2) is 27.7 Å². The van der Waals surface area contributed by atoms with Crippen molar-refractivity contribution in [1.82, 2.24) is 14.9 Å². The summed E-state index contributed by atoms with van der Waals surface area (Å²) in [4.78, 5) is 27.0. The second-order valence-electron chi connectivity index (χ2n) is 9.78. The first kappa shape index (κ1) is 26.3. The summed E-state index contributed by atoms with van der Waals surface area (Å²) >= 11 is 0. The summed E-state index contributed by atoms with van der Waals surface area (Å²) in [6.45, 7) is 3.24. The zero-order valence-electron chi connectivity index (χ0n) is 20.6. The van der Waals surface area contributed by atoms with Crippen LogP contribution in [-0.2, 0) is 24.1 Å². The minimum absolute atomic E-state index is 0.0363. The van der Waals surface area contributed by atoms with Gasteiger partial charge in [0, 0.05) is 37.5 Å². The summed E-state index contributed by atoms with van der Waals surface area (Å²) in [6, 6.07) is 3.38. The fourth-order valence-corrected chi connectivity index (χ4v) is 4.91. The molecule has 0 radical (unpaired) electrons. The van der Waals surface area contributed by atoms with Gasteiger partial charge in [-0.3, -0.25) is 4.79 Å². The lowest BCUT2D eigenvalue weighted by Crippen LogP contribution is -2.29. The van der Waals surface area contributed by atoms with E-state index in [1.165, 1.54) is 6.07 Å². The van der Waals surface area contributed by atoms with E-state index in [0.717, 1.165) is 69.4 Å². The average Bonchev–Trinajstić information content (AvgIpc) is 3.14. The SMILES string of the molecule is Cc1cnc(CC(=O)N=CC2CCC(CCN3CCc4ccc(OCC(F)(F)F)nc4CC3)CC2)o1. The number of hydrogen-bond donors (Lipinski definition) is 0. The fraction of sp³-hybridized carbons (Fsp3) is 0.615. The number of nitrogens with zero attached hydrogens (tertiary/aromatic N) is 4. The van der Waals surface area contributed by atoms with Crippen molar-refractivity contribution in [2.45, 2.75) is 64.5 Å². The molecule has 0 bridgehead atoms. The molecule has 0 atom stereocenters. The van der Waals surface area contributed by atoms with Crippen LogP contribution in [0.25, 0.3) is 0 Å². The van der Waals surface area contributed by atoms with Gasteiger partial charge in [0.15, 0.2) is 6.61 Å². The first-order valence-corrected chi connectivity index (χ1v) is 12.6. The highest BCUT2D eigenvalue weighted by Crippen LogP contribution is 2.30. The Morgan fingerprint density at radius 3 is 2.72 bits per heavy atom. The number of aliphatic imine (C=N–C) groups is 1. The molecule has 2 aromatic heterocycles. The zero-order chi connectivity index (χ0) is 25.5. The fourth-order valence-electron chi connectivity index (χ4n) is 4.91. The van der Waals surface area contributed by atoms with Crippen molar-refractivity contribution in [2.24, 2.45) is 16.8 Å². The molecule has 2 aromatic rings. The van der Waals surface area contributed by atoms with E-state index in [1.54, 1.807) is 19.3 Å². The monoisotopic (exact) mass is 506 g/mol. The standard InChI is InChI=1S/C26H33F3N4O3/c1-18-15-31-25(36-18)14-23(34)30-16-20-4-2-19(3-5-20)8-11-33-12-9-21-6-7-24(32-22(21)10-13-33)35-17-26(27,28)29/h6-7,15-16,19-20H,2-5,8-14,17H2,1H3. The highest BCUT2D eigenvalue weighted by molar-refractivity contribution is 5.86. The lowest BCUT2D eigenvalue weighted by molar-refractivity contribution is -0.154. The number of fused-ring (bicyclic) bond motifs is 1. The largest absolute Gasteiger partial charge is 0.468 e. The van der Waals surface area contributed by atoms with Gasteiger partial charge in [0.25, 0.3) is 5.91 Å². The number of hydrogen-bond acceptors (Lipinski definition) is 6. The lowest BCUT2D eigenvalue weighted by atomic mass is 9.81. The first-order valence-electron chi connectivity index (χ1n) is 12.6. The Labute approximate surface area is 209 Å². The molecule has 3 heterocycles. The van der Waals surface area contributed by atoms with Crippen molar-refractivity contribution in [3.8, 4) is 5.88 Å². The molecule has 1 aliphatic heterocycles. The molecule has 1 saturated carbocycles. The molecule has 2 aliphatic rings. The number of amides is 1. The van der Waals surface area contributed by atoms with Crippen molar-refractivity contribution < 1.29 is 27.1 Å². The number of carbonyl (C=O) groups excluding carboxylic acids is 1. The summed E-state index contributed by atoms with van der Waals surface area (Å²) in [6.07, 6.45) is 6.13. The van der Waals surface area contributed by atoms with Gasteiger partial charge < -0.3 is 14.1 Å². The van der Waals surface area contributed by atoms with Crippen LogP contribution in [-0.4, -0.2) is 59.4 Å². The Balaban J connectivity index is 1.16. The van der Waals surface area contributed by atoms with Gasteiger partial charge in [-0.1, -0.05) is 6.07 Å². The summed E-state index contributed by atoms with van der Waals surface area (Å²) in [5.41, 5.74) is 1.92. The molecule has 0 N–H and O–H groups in total. The van der Waals surface area contributed by atoms with Gasteiger partial charge >= 0.3 is 6.18 Å². The van der Waals surface area contributed by atoms with E-state index < -0.39 is 12.8 Å². The minimum atomic E-state index is -4.37. The normalized spacial score (nSPS) is 21.3. The van der Waals surface area contributed by atoms with Crippen LogP contribution in [0.1, 0.15) is 55.0 Å². The molecule has 0 unspecified atom stereocenters. The third kappa shape index (κ3) is 8.15. The zero-order valence-corrected chi connectivity index (χ0v) is 20.6. The Bertz CT molecular complexity index is 1050. The number of pyridine rings is 1. The van der Waals surface area contributed by atoms with Gasteiger partial charge in [-0.15, -0.1) is 0 Å². The molecule has 10 heteroatoms. The topological polar surface area (TPSA) is 80.8 Å². The van der Waals surface area contributed by atoms with Crippen molar-refractivity contribution >= 4 is 12.1 Å². The van der Waals surface area contributed by atoms with E-state index in [0.29, 0.717) is 29.9 Å². The number of alkyl halides is 3. The smallest absolute Gasteiger partial charge is 0.422 e. The van der Waals surface area contributed by atoms with E-state index in [9.17, 15) is 18.0 Å². The van der Waals surface area contributed by atoms with Crippen LogP contribution in [0.2, 0.25) is 0 Å². The molecule has 1 amide bonds. The molecule has 0 aromatic carbocycles. The van der Waals surface area contributed by atoms with Crippen LogP contribution >= 0.6 is 0 Å². The second-order valence-corrected chi connectivity index (χ2v) is 9.78. The summed E-state index contributed by atoms with van der Waals surface area (Å²) in [5.74, 6) is 1.89. The van der Waals surface area contributed by atoms with Gasteiger partial charge in [0.2, 0.25) is 11.8 Å². The first-order chi connectivity index (χ1) is 17.2. The molecule has 196 valence electrons. The maximum Gasteiger partial charge on any atom is 0.422 e. The van der Waals surface area contributed by atoms with E-state index >= 15 is 0 Å². The number of oxazole rings is 1. The van der Waals surface area contributed by atoms with E-state index in [2.05, 4.69) is 19.9 Å². The number of carbonyl (C=O) groups is 1.